The number of carbonyl (C=O) groups is 2. The molecule has 3 aromatic rings. The van der Waals surface area contributed by atoms with Crippen LogP contribution in [0.3, 0.4) is 0 Å². The number of aryl methyl sites for hydroxylation is 1. The van der Waals surface area contributed by atoms with Gasteiger partial charge in [-0.3, -0.25) is 14.2 Å². The molecular formula is C20H19N5O3S. The molecule has 2 heterocycles. The second-order valence-corrected chi connectivity index (χ2v) is 7.41. The van der Waals surface area contributed by atoms with E-state index in [0.29, 0.717) is 16.6 Å². The van der Waals surface area contributed by atoms with Gasteiger partial charge < -0.3 is 15.4 Å². The smallest absolute Gasteiger partial charge is 0.260 e. The van der Waals surface area contributed by atoms with Gasteiger partial charge in [0.05, 0.1) is 18.0 Å². The maximum atomic E-state index is 13.0. The van der Waals surface area contributed by atoms with E-state index in [4.69, 9.17) is 10.5 Å². The summed E-state index contributed by atoms with van der Waals surface area (Å²) in [6.45, 7) is 1.94. The Morgan fingerprint density at radius 2 is 1.86 bits per heavy atom. The van der Waals surface area contributed by atoms with Gasteiger partial charge in [-0.25, -0.2) is 0 Å². The molecule has 0 fully saturated rings. The van der Waals surface area contributed by atoms with Crippen molar-refractivity contribution in [2.24, 2.45) is 5.73 Å². The van der Waals surface area contributed by atoms with Crippen molar-refractivity contribution in [1.29, 1.82) is 0 Å². The lowest BCUT2D eigenvalue weighted by molar-refractivity contribution is -0.125. The number of hydrogen-bond acceptors (Lipinski definition) is 6. The zero-order valence-corrected chi connectivity index (χ0v) is 16.5. The highest BCUT2D eigenvalue weighted by Gasteiger charge is 2.32. The fraction of sp³-hybridized carbons (Fsp3) is 0.200. The van der Waals surface area contributed by atoms with E-state index in [1.807, 2.05) is 47.9 Å². The van der Waals surface area contributed by atoms with Gasteiger partial charge in [0.2, 0.25) is 5.91 Å². The first-order chi connectivity index (χ1) is 14.0. The van der Waals surface area contributed by atoms with Gasteiger partial charge in [0, 0.05) is 5.69 Å². The van der Waals surface area contributed by atoms with E-state index in [2.05, 4.69) is 10.2 Å². The number of nitrogens with two attached hydrogens (primary N) is 1. The van der Waals surface area contributed by atoms with Crippen molar-refractivity contribution in [2.45, 2.75) is 18.2 Å². The Kier molecular flexibility index (Phi) is 5.22. The van der Waals surface area contributed by atoms with Gasteiger partial charge in [0.25, 0.3) is 5.91 Å². The van der Waals surface area contributed by atoms with Crippen LogP contribution in [0, 0.1) is 6.92 Å². The van der Waals surface area contributed by atoms with Crippen LogP contribution in [0.25, 0.3) is 5.69 Å². The lowest BCUT2D eigenvalue weighted by Crippen LogP contribution is -2.49. The molecule has 4 rings (SSSR count). The highest BCUT2D eigenvalue weighted by molar-refractivity contribution is 7.99. The van der Waals surface area contributed by atoms with Gasteiger partial charge in [-0.1, -0.05) is 42.1 Å². The molecule has 2 N–H and O–H groups in total. The second kappa shape index (κ2) is 7.96. The average Bonchev–Trinajstić information content (AvgIpc) is 3.12. The van der Waals surface area contributed by atoms with Crippen LogP contribution in [0.2, 0.25) is 0 Å². The van der Waals surface area contributed by atoms with Crippen molar-refractivity contribution in [1.82, 2.24) is 14.8 Å². The van der Waals surface area contributed by atoms with Crippen molar-refractivity contribution in [3.8, 4) is 11.4 Å². The summed E-state index contributed by atoms with van der Waals surface area (Å²) in [4.78, 5) is 26.2. The largest absolute Gasteiger partial charge is 0.477 e. The standard InChI is InChI=1S/C20H19N5O3S/c1-13-22-23-20(25(13)14-7-3-2-4-8-14)29-12-18(26)24-11-17(19(21)27)28-16-10-6-5-9-15(16)24/h2-10,17H,11-12H2,1H3,(H2,21,27)/t17-/m0/s1. The highest BCUT2D eigenvalue weighted by atomic mass is 32.2. The molecule has 0 unspecified atom stereocenters. The zero-order chi connectivity index (χ0) is 20.4. The van der Waals surface area contributed by atoms with Crippen LogP contribution in [0.4, 0.5) is 5.69 Å². The van der Waals surface area contributed by atoms with E-state index in [-0.39, 0.29) is 18.2 Å². The molecule has 1 atom stereocenters. The fourth-order valence-electron chi connectivity index (χ4n) is 3.13. The maximum absolute atomic E-state index is 13.0. The predicted molar refractivity (Wildman–Crippen MR) is 109 cm³/mol. The number of aromatic nitrogens is 3. The Labute approximate surface area is 171 Å². The molecule has 0 spiro atoms. The molecule has 8 nitrogen and oxygen atoms in total. The first-order valence-electron chi connectivity index (χ1n) is 9.00. The third-order valence-corrected chi connectivity index (χ3v) is 5.44. The number of carbonyl (C=O) groups excluding carboxylic acids is 2. The molecule has 0 radical (unpaired) electrons. The van der Waals surface area contributed by atoms with Crippen molar-refractivity contribution in [3.05, 3.63) is 60.4 Å². The Hall–Kier alpha value is -3.33. The van der Waals surface area contributed by atoms with Crippen LogP contribution in [-0.2, 0) is 9.59 Å². The van der Waals surface area contributed by atoms with Crippen LogP contribution < -0.4 is 15.4 Å². The quantitative estimate of drug-likeness (QED) is 0.646. The minimum absolute atomic E-state index is 0.0795. The van der Waals surface area contributed by atoms with Gasteiger partial charge in [-0.05, 0) is 31.2 Å². The van der Waals surface area contributed by atoms with Crippen molar-refractivity contribution in [2.75, 3.05) is 17.2 Å². The summed E-state index contributed by atoms with van der Waals surface area (Å²) in [7, 11) is 0. The summed E-state index contributed by atoms with van der Waals surface area (Å²) >= 11 is 1.29. The summed E-state index contributed by atoms with van der Waals surface area (Å²) in [5.74, 6) is 0.549. The second-order valence-electron chi connectivity index (χ2n) is 6.47. The Bertz CT molecular complexity index is 1050. The summed E-state index contributed by atoms with van der Waals surface area (Å²) in [5, 5.41) is 8.96. The Morgan fingerprint density at radius 3 is 2.62 bits per heavy atom. The van der Waals surface area contributed by atoms with Crippen molar-refractivity contribution < 1.29 is 14.3 Å². The third kappa shape index (κ3) is 3.81. The number of ether oxygens (including phenoxy) is 1. The van der Waals surface area contributed by atoms with Crippen LogP contribution in [0.5, 0.6) is 5.75 Å². The first-order valence-corrected chi connectivity index (χ1v) is 9.99. The predicted octanol–water partition coefficient (Wildman–Crippen LogP) is 1.95. The maximum Gasteiger partial charge on any atom is 0.260 e. The number of primary amides is 1. The van der Waals surface area contributed by atoms with Crippen LogP contribution in [0.1, 0.15) is 5.82 Å². The summed E-state index contributed by atoms with van der Waals surface area (Å²) in [6.07, 6.45) is -0.880. The van der Waals surface area contributed by atoms with Gasteiger partial charge in [-0.2, -0.15) is 0 Å². The molecule has 2 amide bonds. The van der Waals surface area contributed by atoms with E-state index in [0.717, 1.165) is 11.5 Å². The SMILES string of the molecule is Cc1nnc(SCC(=O)N2C[C@@H](C(N)=O)Oc3ccccc32)n1-c1ccccc1. The number of fused-ring (bicyclic) bond motifs is 1. The minimum Gasteiger partial charge on any atom is -0.477 e. The van der Waals surface area contributed by atoms with Gasteiger partial charge >= 0.3 is 0 Å². The molecule has 0 aliphatic carbocycles. The van der Waals surface area contributed by atoms with Crippen molar-refractivity contribution >= 4 is 29.3 Å². The summed E-state index contributed by atoms with van der Waals surface area (Å²) in [6, 6.07) is 16.8. The molecule has 1 aliphatic heterocycles. The number of benzene rings is 2. The van der Waals surface area contributed by atoms with Gasteiger partial charge in [-0.15, -0.1) is 10.2 Å². The fourth-order valence-corrected chi connectivity index (χ4v) is 4.01. The highest BCUT2D eigenvalue weighted by Crippen LogP contribution is 2.34. The van der Waals surface area contributed by atoms with Gasteiger partial charge in [0.15, 0.2) is 11.3 Å². The number of hydrogen-bond donors (Lipinski definition) is 1. The molecule has 0 saturated carbocycles. The number of rotatable bonds is 5. The van der Waals surface area contributed by atoms with E-state index in [9.17, 15) is 9.59 Å². The van der Waals surface area contributed by atoms with E-state index >= 15 is 0 Å². The Balaban J connectivity index is 1.55. The van der Waals surface area contributed by atoms with E-state index in [1.165, 1.54) is 16.7 Å². The topological polar surface area (TPSA) is 103 Å². The van der Waals surface area contributed by atoms with E-state index < -0.39 is 12.0 Å². The monoisotopic (exact) mass is 409 g/mol. The van der Waals surface area contributed by atoms with Crippen molar-refractivity contribution in [3.63, 3.8) is 0 Å². The zero-order valence-electron chi connectivity index (χ0n) is 15.7. The lowest BCUT2D eigenvalue weighted by atomic mass is 10.2. The molecule has 1 aliphatic rings. The number of amides is 2. The Morgan fingerprint density at radius 1 is 1.14 bits per heavy atom. The number of thioether (sulfide) groups is 1. The van der Waals surface area contributed by atoms with Crippen LogP contribution in [0.15, 0.2) is 59.8 Å². The van der Waals surface area contributed by atoms with E-state index in [1.54, 1.807) is 18.2 Å². The molecule has 9 heteroatoms. The molecule has 1 aromatic heterocycles. The normalized spacial score (nSPS) is 15.5. The van der Waals surface area contributed by atoms with Crippen LogP contribution in [-0.4, -0.2) is 45.0 Å². The minimum atomic E-state index is -0.880. The van der Waals surface area contributed by atoms with Crippen LogP contribution >= 0.6 is 11.8 Å². The molecule has 2 aromatic carbocycles. The number of nitrogens with zero attached hydrogens (tertiary/aromatic N) is 4. The molecule has 0 saturated heterocycles. The molecule has 29 heavy (non-hydrogen) atoms. The third-order valence-electron chi connectivity index (χ3n) is 4.53. The number of para-hydroxylation sites is 3. The first kappa shape index (κ1) is 19.0. The average molecular weight is 409 g/mol. The summed E-state index contributed by atoms with van der Waals surface area (Å²) < 4.78 is 7.52. The number of anilines is 1. The summed E-state index contributed by atoms with van der Waals surface area (Å²) in [5.41, 5.74) is 6.96. The molecule has 148 valence electrons. The molecular weight excluding hydrogens is 390 g/mol. The lowest BCUT2D eigenvalue weighted by Gasteiger charge is -2.33. The van der Waals surface area contributed by atoms with Gasteiger partial charge in [0.1, 0.15) is 11.6 Å². The molecule has 0 bridgehead atoms.